The van der Waals surface area contributed by atoms with E-state index in [0.29, 0.717) is 5.92 Å². The highest BCUT2D eigenvalue weighted by molar-refractivity contribution is 5.16. The maximum Gasteiger partial charge on any atom is 0.0512 e. The molecule has 0 saturated heterocycles. The standard InChI is InChI=1S/C16H26O2/c1-3-7-14(2)10-16(12-17,13-18)11-15-8-5-4-6-9-15/h4-6,8-9,14,17-18H,3,7,10-13H2,1-2H3. The summed E-state index contributed by atoms with van der Waals surface area (Å²) in [6.45, 7) is 4.47. The van der Waals surface area contributed by atoms with Crippen molar-refractivity contribution in [2.24, 2.45) is 11.3 Å². The molecule has 2 heteroatoms. The van der Waals surface area contributed by atoms with Gasteiger partial charge in [-0.1, -0.05) is 57.0 Å². The lowest BCUT2D eigenvalue weighted by molar-refractivity contribution is 0.0340. The zero-order chi connectivity index (χ0) is 13.4. The van der Waals surface area contributed by atoms with Gasteiger partial charge in [-0.05, 0) is 24.3 Å². The van der Waals surface area contributed by atoms with Crippen molar-refractivity contribution in [1.29, 1.82) is 0 Å². The molecule has 0 heterocycles. The molecule has 1 aromatic rings. The van der Waals surface area contributed by atoms with Crippen molar-refractivity contribution < 1.29 is 10.2 Å². The first-order chi connectivity index (χ1) is 8.65. The zero-order valence-electron chi connectivity index (χ0n) is 11.6. The van der Waals surface area contributed by atoms with Crippen LogP contribution in [0.3, 0.4) is 0 Å². The van der Waals surface area contributed by atoms with Crippen LogP contribution >= 0.6 is 0 Å². The van der Waals surface area contributed by atoms with E-state index in [2.05, 4.69) is 26.0 Å². The minimum atomic E-state index is -0.379. The molecule has 0 bridgehead atoms. The van der Waals surface area contributed by atoms with Crippen LogP contribution in [-0.4, -0.2) is 23.4 Å². The second-order valence-corrected chi connectivity index (χ2v) is 5.58. The summed E-state index contributed by atoms with van der Waals surface area (Å²) < 4.78 is 0. The van der Waals surface area contributed by atoms with Crippen molar-refractivity contribution in [1.82, 2.24) is 0 Å². The minimum absolute atomic E-state index is 0.0481. The number of aliphatic hydroxyl groups is 2. The molecular formula is C16H26O2. The lowest BCUT2D eigenvalue weighted by Gasteiger charge is -2.32. The first kappa shape index (κ1) is 15.2. The fourth-order valence-corrected chi connectivity index (χ4v) is 2.73. The van der Waals surface area contributed by atoms with Gasteiger partial charge in [0.1, 0.15) is 0 Å². The Morgan fingerprint density at radius 3 is 2.22 bits per heavy atom. The molecule has 18 heavy (non-hydrogen) atoms. The summed E-state index contributed by atoms with van der Waals surface area (Å²) in [5.74, 6) is 0.540. The van der Waals surface area contributed by atoms with Gasteiger partial charge >= 0.3 is 0 Å². The topological polar surface area (TPSA) is 40.5 Å². The SMILES string of the molecule is CCCC(C)CC(CO)(CO)Cc1ccccc1. The number of aliphatic hydroxyl groups excluding tert-OH is 2. The molecule has 0 radical (unpaired) electrons. The molecule has 0 aromatic heterocycles. The second kappa shape index (κ2) is 7.55. The molecule has 0 saturated carbocycles. The minimum Gasteiger partial charge on any atom is -0.396 e. The first-order valence-electron chi connectivity index (χ1n) is 6.91. The predicted octanol–water partition coefficient (Wildman–Crippen LogP) is 3.03. The summed E-state index contributed by atoms with van der Waals surface area (Å²) >= 11 is 0. The Balaban J connectivity index is 2.73. The molecule has 0 aliphatic carbocycles. The lowest BCUT2D eigenvalue weighted by Crippen LogP contribution is -2.34. The Bertz CT molecular complexity index is 317. The van der Waals surface area contributed by atoms with Crippen LogP contribution in [0, 0.1) is 11.3 Å². The predicted molar refractivity (Wildman–Crippen MR) is 75.4 cm³/mol. The monoisotopic (exact) mass is 250 g/mol. The van der Waals surface area contributed by atoms with Crippen molar-refractivity contribution in [2.45, 2.75) is 39.5 Å². The van der Waals surface area contributed by atoms with Crippen molar-refractivity contribution in [3.8, 4) is 0 Å². The average molecular weight is 250 g/mol. The molecule has 0 fully saturated rings. The second-order valence-electron chi connectivity index (χ2n) is 5.58. The van der Waals surface area contributed by atoms with Gasteiger partial charge in [0.05, 0.1) is 13.2 Å². The Morgan fingerprint density at radius 2 is 1.72 bits per heavy atom. The zero-order valence-corrected chi connectivity index (χ0v) is 11.6. The normalized spacial score (nSPS) is 13.6. The molecule has 1 rings (SSSR count). The van der Waals surface area contributed by atoms with Crippen molar-refractivity contribution in [3.63, 3.8) is 0 Å². The lowest BCUT2D eigenvalue weighted by atomic mass is 9.75. The third-order valence-corrected chi connectivity index (χ3v) is 3.66. The van der Waals surface area contributed by atoms with Gasteiger partial charge in [0.15, 0.2) is 0 Å². The summed E-state index contributed by atoms with van der Waals surface area (Å²) in [5, 5.41) is 19.4. The number of hydrogen-bond acceptors (Lipinski definition) is 2. The van der Waals surface area contributed by atoms with Gasteiger partial charge in [-0.2, -0.15) is 0 Å². The van der Waals surface area contributed by atoms with Gasteiger partial charge in [-0.15, -0.1) is 0 Å². The van der Waals surface area contributed by atoms with Gasteiger partial charge < -0.3 is 10.2 Å². The summed E-state index contributed by atoms with van der Waals surface area (Å²) in [6.07, 6.45) is 3.92. The summed E-state index contributed by atoms with van der Waals surface area (Å²) in [5.41, 5.74) is 0.806. The van der Waals surface area contributed by atoms with Crippen LogP contribution in [0.25, 0.3) is 0 Å². The molecule has 0 amide bonds. The molecule has 2 nitrogen and oxygen atoms in total. The highest BCUT2D eigenvalue weighted by Gasteiger charge is 2.30. The van der Waals surface area contributed by atoms with Crippen LogP contribution in [0.1, 0.15) is 38.7 Å². The van der Waals surface area contributed by atoms with Crippen LogP contribution in [0.15, 0.2) is 30.3 Å². The van der Waals surface area contributed by atoms with Gasteiger partial charge in [0, 0.05) is 5.41 Å². The molecule has 2 N–H and O–H groups in total. The van der Waals surface area contributed by atoms with Crippen LogP contribution in [0.2, 0.25) is 0 Å². The molecule has 0 aliphatic rings. The Labute approximate surface area is 111 Å². The summed E-state index contributed by atoms with van der Waals surface area (Å²) in [7, 11) is 0. The molecule has 1 atom stereocenters. The maximum atomic E-state index is 9.69. The Kier molecular flexibility index (Phi) is 6.37. The average Bonchev–Trinajstić information content (AvgIpc) is 2.39. The van der Waals surface area contributed by atoms with E-state index in [-0.39, 0.29) is 18.6 Å². The fraction of sp³-hybridized carbons (Fsp3) is 0.625. The Morgan fingerprint density at radius 1 is 1.11 bits per heavy atom. The largest absolute Gasteiger partial charge is 0.396 e. The van der Waals surface area contributed by atoms with Crippen LogP contribution in [0.4, 0.5) is 0 Å². The van der Waals surface area contributed by atoms with E-state index in [9.17, 15) is 10.2 Å². The van der Waals surface area contributed by atoms with Crippen LogP contribution in [-0.2, 0) is 6.42 Å². The van der Waals surface area contributed by atoms with Crippen LogP contribution < -0.4 is 0 Å². The molecule has 0 spiro atoms. The third-order valence-electron chi connectivity index (χ3n) is 3.66. The Hall–Kier alpha value is -0.860. The number of rotatable bonds is 8. The number of hydrogen-bond donors (Lipinski definition) is 2. The van der Waals surface area contributed by atoms with Gasteiger partial charge in [0.2, 0.25) is 0 Å². The van der Waals surface area contributed by atoms with Crippen molar-refractivity contribution in [2.75, 3.05) is 13.2 Å². The molecule has 102 valence electrons. The van der Waals surface area contributed by atoms with E-state index in [1.165, 1.54) is 5.56 Å². The maximum absolute atomic E-state index is 9.69. The highest BCUT2D eigenvalue weighted by atomic mass is 16.3. The van der Waals surface area contributed by atoms with E-state index in [1.807, 2.05) is 18.2 Å². The highest BCUT2D eigenvalue weighted by Crippen LogP contribution is 2.31. The van der Waals surface area contributed by atoms with E-state index in [4.69, 9.17) is 0 Å². The van der Waals surface area contributed by atoms with E-state index in [1.54, 1.807) is 0 Å². The van der Waals surface area contributed by atoms with Crippen molar-refractivity contribution in [3.05, 3.63) is 35.9 Å². The summed E-state index contributed by atoms with van der Waals surface area (Å²) in [4.78, 5) is 0. The van der Waals surface area contributed by atoms with Gasteiger partial charge in [-0.3, -0.25) is 0 Å². The molecule has 1 unspecified atom stereocenters. The number of benzene rings is 1. The van der Waals surface area contributed by atoms with Crippen LogP contribution in [0.5, 0.6) is 0 Å². The third kappa shape index (κ3) is 4.43. The van der Waals surface area contributed by atoms with E-state index < -0.39 is 0 Å². The van der Waals surface area contributed by atoms with E-state index in [0.717, 1.165) is 25.7 Å². The van der Waals surface area contributed by atoms with Gasteiger partial charge in [0.25, 0.3) is 0 Å². The summed E-state index contributed by atoms with van der Waals surface area (Å²) in [6, 6.07) is 10.1. The van der Waals surface area contributed by atoms with Crippen molar-refractivity contribution >= 4 is 0 Å². The molecule has 0 aliphatic heterocycles. The molecule has 1 aromatic carbocycles. The fourth-order valence-electron chi connectivity index (χ4n) is 2.73. The quantitative estimate of drug-likeness (QED) is 0.744. The molecular weight excluding hydrogens is 224 g/mol. The first-order valence-corrected chi connectivity index (χ1v) is 6.91. The van der Waals surface area contributed by atoms with Gasteiger partial charge in [-0.25, -0.2) is 0 Å². The smallest absolute Gasteiger partial charge is 0.0512 e. The van der Waals surface area contributed by atoms with E-state index >= 15 is 0 Å².